The van der Waals surface area contributed by atoms with Crippen LogP contribution >= 0.6 is 11.6 Å². The Morgan fingerprint density at radius 2 is 2.07 bits per heavy atom. The van der Waals surface area contributed by atoms with Crippen molar-refractivity contribution >= 4 is 11.6 Å². The van der Waals surface area contributed by atoms with Crippen molar-refractivity contribution in [3.8, 4) is 22.9 Å². The highest BCUT2D eigenvalue weighted by molar-refractivity contribution is 6.30. The number of hydrogen-bond donors (Lipinski definition) is 0. The Kier molecular flexibility index (Phi) is 5.50. The molecule has 6 nitrogen and oxygen atoms in total. The Morgan fingerprint density at radius 3 is 2.86 bits per heavy atom. The van der Waals surface area contributed by atoms with Gasteiger partial charge in [0, 0.05) is 22.2 Å². The maximum atomic E-state index is 6.06. The minimum Gasteiger partial charge on any atom is -0.497 e. The second-order valence-electron chi connectivity index (χ2n) is 6.76. The molecular formula is C21H22ClN3O3. The lowest BCUT2D eigenvalue weighted by Gasteiger charge is -2.25. The van der Waals surface area contributed by atoms with E-state index in [2.05, 4.69) is 15.0 Å². The third-order valence-electron chi connectivity index (χ3n) is 5.05. The largest absolute Gasteiger partial charge is 0.497 e. The van der Waals surface area contributed by atoms with Crippen molar-refractivity contribution in [1.82, 2.24) is 15.0 Å². The van der Waals surface area contributed by atoms with E-state index in [4.69, 9.17) is 25.6 Å². The van der Waals surface area contributed by atoms with Gasteiger partial charge in [-0.25, -0.2) is 0 Å². The summed E-state index contributed by atoms with van der Waals surface area (Å²) in [7, 11) is 3.37. The average molecular weight is 400 g/mol. The molecule has 1 aliphatic rings. The van der Waals surface area contributed by atoms with Gasteiger partial charge in [-0.2, -0.15) is 4.98 Å². The minimum atomic E-state index is 0.214. The predicted molar refractivity (Wildman–Crippen MR) is 107 cm³/mol. The molecule has 0 radical (unpaired) electrons. The highest BCUT2D eigenvalue weighted by Gasteiger charge is 2.30. The van der Waals surface area contributed by atoms with E-state index in [0.29, 0.717) is 23.3 Å². The van der Waals surface area contributed by atoms with Crippen molar-refractivity contribution in [1.29, 1.82) is 0 Å². The third-order valence-corrected chi connectivity index (χ3v) is 5.28. The first kappa shape index (κ1) is 18.8. The summed E-state index contributed by atoms with van der Waals surface area (Å²) in [5, 5.41) is 4.76. The molecule has 0 aliphatic carbocycles. The number of hydrogen-bond acceptors (Lipinski definition) is 6. The molecule has 2 heterocycles. The van der Waals surface area contributed by atoms with Gasteiger partial charge in [-0.1, -0.05) is 28.9 Å². The van der Waals surface area contributed by atoms with E-state index in [-0.39, 0.29) is 6.04 Å². The summed E-state index contributed by atoms with van der Waals surface area (Å²) < 4.78 is 16.5. The molecule has 1 saturated heterocycles. The molecule has 3 aromatic rings. The molecular weight excluding hydrogens is 378 g/mol. The summed E-state index contributed by atoms with van der Waals surface area (Å²) in [6.45, 7) is 1.54. The number of nitrogens with zero attached hydrogens (tertiary/aromatic N) is 3. The molecule has 0 unspecified atom stereocenters. The lowest BCUT2D eigenvalue weighted by atomic mass is 10.0. The Labute approximate surface area is 169 Å². The van der Waals surface area contributed by atoms with E-state index in [1.807, 2.05) is 42.5 Å². The average Bonchev–Trinajstić information content (AvgIpc) is 3.37. The van der Waals surface area contributed by atoms with E-state index >= 15 is 0 Å². The van der Waals surface area contributed by atoms with Gasteiger partial charge < -0.3 is 14.0 Å². The van der Waals surface area contributed by atoms with Crippen LogP contribution in [0.15, 0.2) is 47.0 Å². The van der Waals surface area contributed by atoms with Crippen molar-refractivity contribution in [3.05, 3.63) is 58.9 Å². The first-order valence-electron chi connectivity index (χ1n) is 9.22. The number of ether oxygens (including phenoxy) is 2. The molecule has 0 spiro atoms. The molecule has 4 rings (SSSR count). The van der Waals surface area contributed by atoms with Crippen LogP contribution in [0.1, 0.15) is 30.3 Å². The van der Waals surface area contributed by atoms with Gasteiger partial charge in [-0.15, -0.1) is 0 Å². The fourth-order valence-corrected chi connectivity index (χ4v) is 3.90. The van der Waals surface area contributed by atoms with Crippen molar-refractivity contribution in [2.24, 2.45) is 0 Å². The van der Waals surface area contributed by atoms with Crippen LogP contribution in [-0.2, 0) is 6.54 Å². The molecule has 1 atom stereocenters. The van der Waals surface area contributed by atoms with Crippen LogP contribution in [0, 0.1) is 0 Å². The molecule has 0 N–H and O–H groups in total. The van der Waals surface area contributed by atoms with Gasteiger partial charge in [0.15, 0.2) is 0 Å². The van der Waals surface area contributed by atoms with Crippen LogP contribution in [-0.4, -0.2) is 35.8 Å². The summed E-state index contributed by atoms with van der Waals surface area (Å²) in [6, 6.07) is 13.6. The van der Waals surface area contributed by atoms with Crippen molar-refractivity contribution in [3.63, 3.8) is 0 Å². The lowest BCUT2D eigenvalue weighted by molar-refractivity contribution is 0.209. The zero-order chi connectivity index (χ0) is 19.5. The van der Waals surface area contributed by atoms with E-state index in [9.17, 15) is 0 Å². The first-order chi connectivity index (χ1) is 13.7. The second-order valence-corrected chi connectivity index (χ2v) is 7.19. The normalized spacial score (nSPS) is 17.0. The monoisotopic (exact) mass is 399 g/mol. The van der Waals surface area contributed by atoms with Crippen LogP contribution < -0.4 is 9.47 Å². The van der Waals surface area contributed by atoms with Gasteiger partial charge in [-0.05, 0) is 49.7 Å². The standard InChI is InChI=1S/C21H22ClN3O3/c1-26-16-8-9-19(27-2)17(12-16)18-7-4-10-25(18)13-20-23-21(24-28-20)14-5-3-6-15(22)11-14/h3,5-6,8-9,11-12,18H,4,7,10,13H2,1-2H3/t18-/m0/s1. The molecule has 0 saturated carbocycles. The Hall–Kier alpha value is -2.57. The van der Waals surface area contributed by atoms with Crippen LogP contribution in [0.5, 0.6) is 11.5 Å². The summed E-state index contributed by atoms with van der Waals surface area (Å²) in [4.78, 5) is 6.90. The first-order valence-corrected chi connectivity index (χ1v) is 9.60. The lowest BCUT2D eigenvalue weighted by Crippen LogP contribution is -2.23. The van der Waals surface area contributed by atoms with E-state index in [1.54, 1.807) is 14.2 Å². The quantitative estimate of drug-likeness (QED) is 0.596. The maximum absolute atomic E-state index is 6.06. The van der Waals surface area contributed by atoms with Gasteiger partial charge in [0.1, 0.15) is 11.5 Å². The van der Waals surface area contributed by atoms with Crippen LogP contribution in [0.3, 0.4) is 0 Å². The molecule has 2 aromatic carbocycles. The highest BCUT2D eigenvalue weighted by Crippen LogP contribution is 2.39. The van der Waals surface area contributed by atoms with E-state index < -0.39 is 0 Å². The van der Waals surface area contributed by atoms with E-state index in [1.165, 1.54) is 0 Å². The van der Waals surface area contributed by atoms with Gasteiger partial charge in [0.2, 0.25) is 11.7 Å². The van der Waals surface area contributed by atoms with Crippen molar-refractivity contribution in [2.45, 2.75) is 25.4 Å². The van der Waals surface area contributed by atoms with Crippen molar-refractivity contribution in [2.75, 3.05) is 20.8 Å². The summed E-state index contributed by atoms with van der Waals surface area (Å²) in [5.41, 5.74) is 1.96. The summed E-state index contributed by atoms with van der Waals surface area (Å²) in [6.07, 6.45) is 2.14. The molecule has 7 heteroatoms. The molecule has 0 amide bonds. The van der Waals surface area contributed by atoms with Gasteiger partial charge in [0.25, 0.3) is 0 Å². The molecule has 1 fully saturated rings. The van der Waals surface area contributed by atoms with Gasteiger partial charge in [0.05, 0.1) is 20.8 Å². The predicted octanol–water partition coefficient (Wildman–Crippen LogP) is 4.74. The fourth-order valence-electron chi connectivity index (χ4n) is 3.71. The summed E-state index contributed by atoms with van der Waals surface area (Å²) >= 11 is 6.06. The topological polar surface area (TPSA) is 60.6 Å². The zero-order valence-electron chi connectivity index (χ0n) is 15.9. The minimum absolute atomic E-state index is 0.214. The number of halogens is 1. The maximum Gasteiger partial charge on any atom is 0.241 e. The Bertz CT molecular complexity index is 960. The molecule has 0 bridgehead atoms. The summed E-state index contributed by atoms with van der Waals surface area (Å²) in [5.74, 6) is 2.82. The number of likely N-dealkylation sites (tertiary alicyclic amines) is 1. The Balaban J connectivity index is 1.55. The van der Waals surface area contributed by atoms with Gasteiger partial charge in [-0.3, -0.25) is 4.90 Å². The van der Waals surface area contributed by atoms with Crippen LogP contribution in [0.4, 0.5) is 0 Å². The number of benzene rings is 2. The highest BCUT2D eigenvalue weighted by atomic mass is 35.5. The van der Waals surface area contributed by atoms with Crippen LogP contribution in [0.25, 0.3) is 11.4 Å². The number of rotatable bonds is 6. The molecule has 28 heavy (non-hydrogen) atoms. The molecule has 1 aliphatic heterocycles. The number of aromatic nitrogens is 2. The third kappa shape index (κ3) is 3.84. The van der Waals surface area contributed by atoms with E-state index in [0.717, 1.165) is 42.0 Å². The Morgan fingerprint density at radius 1 is 1.18 bits per heavy atom. The van der Waals surface area contributed by atoms with Crippen LogP contribution in [0.2, 0.25) is 5.02 Å². The molecule has 1 aromatic heterocycles. The molecule has 146 valence electrons. The smallest absolute Gasteiger partial charge is 0.241 e. The zero-order valence-corrected chi connectivity index (χ0v) is 16.6. The van der Waals surface area contributed by atoms with Crippen molar-refractivity contribution < 1.29 is 14.0 Å². The fraction of sp³-hybridized carbons (Fsp3) is 0.333. The number of methoxy groups -OCH3 is 2. The SMILES string of the molecule is COc1ccc(OC)c([C@@H]2CCCN2Cc2nc(-c3cccc(Cl)c3)no2)c1. The van der Waals surface area contributed by atoms with Gasteiger partial charge >= 0.3 is 0 Å². The second kappa shape index (κ2) is 8.20.